The molecule has 0 saturated heterocycles. The first-order valence-corrected chi connectivity index (χ1v) is 5.57. The van der Waals surface area contributed by atoms with Gasteiger partial charge in [0.25, 0.3) is 0 Å². The van der Waals surface area contributed by atoms with Crippen molar-refractivity contribution < 1.29 is 41.3 Å². The molecular weight excluding hydrogens is 334 g/mol. The quantitative estimate of drug-likeness (QED) is 0.291. The summed E-state index contributed by atoms with van der Waals surface area (Å²) in [4.78, 5) is 0. The van der Waals surface area contributed by atoms with E-state index in [0.29, 0.717) is 0 Å². The first-order chi connectivity index (χ1) is 10.6. The maximum atomic E-state index is 13.7. The number of nitrogen functional groups attached to an aromatic ring is 2. The summed E-state index contributed by atoms with van der Waals surface area (Å²) in [5.41, 5.74) is 7.23. The lowest BCUT2D eigenvalue weighted by Crippen LogP contribution is -2.06. The van der Waals surface area contributed by atoms with Crippen LogP contribution in [-0.4, -0.2) is 10.2 Å². The number of hydrogen-bond acceptors (Lipinski definition) is 5. The summed E-state index contributed by atoms with van der Waals surface area (Å²) < 4.78 is 85.2. The third-order valence-corrected chi connectivity index (χ3v) is 2.79. The normalized spacial score (nSPS) is 10.9. The van der Waals surface area contributed by atoms with Crippen LogP contribution in [0.25, 0.3) is 0 Å². The first kappa shape index (κ1) is 16.4. The van der Waals surface area contributed by atoms with Crippen LogP contribution in [0.5, 0.6) is 23.0 Å². The molecule has 0 heterocycles. The molecule has 11 heteroatoms. The van der Waals surface area contributed by atoms with Crippen molar-refractivity contribution in [2.24, 2.45) is 0 Å². The number of nitrogens with two attached hydrogens (primary N) is 2. The van der Waals surface area contributed by atoms with E-state index in [1.54, 1.807) is 0 Å². The highest BCUT2D eigenvalue weighted by Gasteiger charge is 2.30. The van der Waals surface area contributed by atoms with Gasteiger partial charge in [0, 0.05) is 0 Å². The molecule has 2 aromatic rings. The highest BCUT2D eigenvalue weighted by Crippen LogP contribution is 2.43. The molecule has 0 aliphatic carbocycles. The Bertz CT molecular complexity index is 702. The van der Waals surface area contributed by atoms with Crippen molar-refractivity contribution in [2.45, 2.75) is 0 Å². The van der Waals surface area contributed by atoms with Crippen LogP contribution in [0, 0.1) is 34.9 Å². The molecule has 0 bridgehead atoms. The zero-order valence-electron chi connectivity index (χ0n) is 10.7. The van der Waals surface area contributed by atoms with Crippen LogP contribution >= 0.6 is 0 Å². The highest BCUT2D eigenvalue weighted by molar-refractivity contribution is 5.61. The molecular formula is C12H6F6N2O3. The summed E-state index contributed by atoms with van der Waals surface area (Å²) >= 11 is 0. The molecule has 0 unspecified atom stereocenters. The summed E-state index contributed by atoms with van der Waals surface area (Å²) in [6.45, 7) is 0. The lowest BCUT2D eigenvalue weighted by Gasteiger charge is -2.14. The van der Waals surface area contributed by atoms with Crippen molar-refractivity contribution in [2.75, 3.05) is 11.5 Å². The fraction of sp³-hybridized carbons (Fsp3) is 0. The molecule has 0 aliphatic rings. The first-order valence-electron chi connectivity index (χ1n) is 5.57. The van der Waals surface area contributed by atoms with E-state index >= 15 is 0 Å². The molecule has 0 saturated carbocycles. The molecule has 0 aromatic heterocycles. The van der Waals surface area contributed by atoms with E-state index in [1.165, 1.54) is 0 Å². The van der Waals surface area contributed by atoms with Gasteiger partial charge in [0.05, 0.1) is 0 Å². The number of anilines is 2. The molecule has 0 amide bonds. The van der Waals surface area contributed by atoms with Gasteiger partial charge in [-0.15, -0.1) is 0 Å². The van der Waals surface area contributed by atoms with Gasteiger partial charge in [0.2, 0.25) is 34.8 Å². The third-order valence-electron chi connectivity index (χ3n) is 2.79. The number of phenolic OH excluding ortho intramolecular Hbond substituents is 2. The highest BCUT2D eigenvalue weighted by atomic mass is 19.2. The second-order valence-corrected chi connectivity index (χ2v) is 4.17. The van der Waals surface area contributed by atoms with Crippen LogP contribution in [0.2, 0.25) is 0 Å². The van der Waals surface area contributed by atoms with Crippen molar-refractivity contribution in [3.05, 3.63) is 34.9 Å². The summed E-state index contributed by atoms with van der Waals surface area (Å²) in [5.74, 6) is -19.0. The van der Waals surface area contributed by atoms with Gasteiger partial charge in [0.15, 0.2) is 23.1 Å². The average Bonchev–Trinajstić information content (AvgIpc) is 2.54. The largest absolute Gasteiger partial charge is 0.503 e. The minimum Gasteiger partial charge on any atom is -0.503 e. The maximum Gasteiger partial charge on any atom is 0.208 e. The molecule has 0 spiro atoms. The van der Waals surface area contributed by atoms with Crippen molar-refractivity contribution >= 4 is 11.4 Å². The number of halogens is 6. The number of phenols is 2. The Labute approximate surface area is 123 Å². The van der Waals surface area contributed by atoms with Crippen LogP contribution < -0.4 is 16.2 Å². The predicted octanol–water partition coefficient (Wildman–Crippen LogP) is 2.89. The van der Waals surface area contributed by atoms with Crippen molar-refractivity contribution in [3.63, 3.8) is 0 Å². The summed E-state index contributed by atoms with van der Waals surface area (Å²) in [5, 5.41) is 18.0. The van der Waals surface area contributed by atoms with Gasteiger partial charge >= 0.3 is 0 Å². The predicted molar refractivity (Wildman–Crippen MR) is 64.9 cm³/mol. The number of benzene rings is 2. The SMILES string of the molecule is Nc1c(O)c(F)c(F)c(Oc2c(F)c(N)c(O)c(F)c2F)c1F. The summed E-state index contributed by atoms with van der Waals surface area (Å²) in [6.07, 6.45) is 0. The fourth-order valence-electron chi connectivity index (χ4n) is 1.57. The standard InChI is InChI=1S/C12H6F6N2O3/c13-1-3(15)11(5(17)7(19)9(1)21)23-12-4(16)2(14)10(22)8(20)6(12)18/h21-22H,19-20H2. The molecule has 0 fully saturated rings. The van der Waals surface area contributed by atoms with Crippen molar-refractivity contribution in [1.29, 1.82) is 0 Å². The van der Waals surface area contributed by atoms with Crippen molar-refractivity contribution in [3.8, 4) is 23.0 Å². The molecule has 0 atom stereocenters. The number of rotatable bonds is 2. The monoisotopic (exact) mass is 340 g/mol. The van der Waals surface area contributed by atoms with E-state index < -0.39 is 69.3 Å². The molecule has 124 valence electrons. The molecule has 0 radical (unpaired) electrons. The minimum atomic E-state index is -2.18. The number of ether oxygens (including phenoxy) is 1. The second kappa shape index (κ2) is 5.34. The fourth-order valence-corrected chi connectivity index (χ4v) is 1.57. The molecule has 0 aliphatic heterocycles. The van der Waals surface area contributed by atoms with Gasteiger partial charge in [-0.25, -0.2) is 8.78 Å². The molecule has 6 N–H and O–H groups in total. The maximum absolute atomic E-state index is 13.7. The van der Waals surface area contributed by atoms with E-state index in [1.807, 2.05) is 0 Å². The Morgan fingerprint density at radius 1 is 0.565 bits per heavy atom. The van der Waals surface area contributed by atoms with Crippen LogP contribution in [0.4, 0.5) is 37.7 Å². The zero-order chi connectivity index (χ0) is 17.6. The average molecular weight is 340 g/mol. The van der Waals surface area contributed by atoms with E-state index in [0.717, 1.165) is 0 Å². The molecule has 2 rings (SSSR count). The minimum absolute atomic E-state index is 1.31. The topological polar surface area (TPSA) is 102 Å². The van der Waals surface area contributed by atoms with Gasteiger partial charge in [-0.1, -0.05) is 0 Å². The number of hydrogen-bond donors (Lipinski definition) is 4. The van der Waals surface area contributed by atoms with Crippen LogP contribution in [0.15, 0.2) is 0 Å². The molecule has 2 aromatic carbocycles. The van der Waals surface area contributed by atoms with Crippen molar-refractivity contribution in [1.82, 2.24) is 0 Å². The van der Waals surface area contributed by atoms with Gasteiger partial charge in [-0.05, 0) is 0 Å². The van der Waals surface area contributed by atoms with Gasteiger partial charge in [-0.3, -0.25) is 0 Å². The van der Waals surface area contributed by atoms with E-state index in [4.69, 9.17) is 21.7 Å². The van der Waals surface area contributed by atoms with Crippen LogP contribution in [-0.2, 0) is 0 Å². The van der Waals surface area contributed by atoms with E-state index in [2.05, 4.69) is 4.74 Å². The smallest absolute Gasteiger partial charge is 0.208 e. The third kappa shape index (κ3) is 2.29. The van der Waals surface area contributed by atoms with Gasteiger partial charge in [0.1, 0.15) is 11.4 Å². The molecule has 5 nitrogen and oxygen atoms in total. The van der Waals surface area contributed by atoms with Gasteiger partial charge in [-0.2, -0.15) is 17.6 Å². The number of aromatic hydroxyl groups is 2. The lowest BCUT2D eigenvalue weighted by molar-refractivity contribution is 0.328. The second-order valence-electron chi connectivity index (χ2n) is 4.17. The Balaban J connectivity index is 2.71. The van der Waals surface area contributed by atoms with Crippen LogP contribution in [0.3, 0.4) is 0 Å². The lowest BCUT2D eigenvalue weighted by atomic mass is 10.2. The van der Waals surface area contributed by atoms with E-state index in [9.17, 15) is 26.3 Å². The van der Waals surface area contributed by atoms with E-state index in [-0.39, 0.29) is 0 Å². The summed E-state index contributed by atoms with van der Waals surface area (Å²) in [6, 6.07) is 0. The molecule has 23 heavy (non-hydrogen) atoms. The Morgan fingerprint density at radius 2 is 0.870 bits per heavy atom. The Morgan fingerprint density at radius 3 is 1.17 bits per heavy atom. The Kier molecular flexibility index (Phi) is 3.80. The Hall–Kier alpha value is -2.98. The van der Waals surface area contributed by atoms with Crippen LogP contribution in [0.1, 0.15) is 0 Å². The zero-order valence-corrected chi connectivity index (χ0v) is 10.7. The van der Waals surface area contributed by atoms with Gasteiger partial charge < -0.3 is 26.4 Å². The summed E-state index contributed by atoms with van der Waals surface area (Å²) in [7, 11) is 0.